The second kappa shape index (κ2) is 19.1. The molecule has 0 atom stereocenters. The molecule has 0 aliphatic heterocycles. The summed E-state index contributed by atoms with van der Waals surface area (Å²) in [5.74, 6) is -2.32. The largest absolute Gasteiger partial charge is 1.00 e. The van der Waals surface area contributed by atoms with Gasteiger partial charge in [-0.05, 0) is 61.1 Å². The van der Waals surface area contributed by atoms with Gasteiger partial charge in [0.15, 0.2) is 0 Å². The minimum Gasteiger partial charge on any atom is -1.00 e. The molecule has 3 N–H and O–H groups in total. The number of rotatable bonds is 17. The number of aromatic amines is 1. The quantitative estimate of drug-likeness (QED) is 0.0832. The number of H-pyrrole nitrogens is 1. The van der Waals surface area contributed by atoms with E-state index in [1.807, 2.05) is 0 Å². The van der Waals surface area contributed by atoms with Crippen LogP contribution in [0.3, 0.4) is 0 Å². The number of pyridine rings is 1. The number of amides is 2. The van der Waals surface area contributed by atoms with Crippen molar-refractivity contribution in [2.24, 2.45) is 0 Å². The van der Waals surface area contributed by atoms with Crippen LogP contribution in [0.4, 0.5) is 4.39 Å². The van der Waals surface area contributed by atoms with Crippen LogP contribution in [0.25, 0.3) is 10.9 Å². The van der Waals surface area contributed by atoms with Gasteiger partial charge >= 0.3 is 35.5 Å². The minimum atomic E-state index is -4.12. The molecule has 2 amide bonds. The third-order valence-electron chi connectivity index (χ3n) is 7.12. The van der Waals surface area contributed by atoms with Gasteiger partial charge < -0.3 is 21.4 Å². The number of ether oxygens (including phenoxy) is 1. The van der Waals surface area contributed by atoms with Crippen LogP contribution in [-0.2, 0) is 37.4 Å². The minimum absolute atomic E-state index is 0. The summed E-state index contributed by atoms with van der Waals surface area (Å²) in [6.07, 6.45) is 5.00. The van der Waals surface area contributed by atoms with Crippen LogP contribution in [-0.4, -0.2) is 66.6 Å². The maximum atomic E-state index is 14.8. The Bertz CT molecular complexity index is 1680. The molecule has 1 heterocycles. The van der Waals surface area contributed by atoms with Gasteiger partial charge in [-0.25, -0.2) is 4.39 Å². The third-order valence-corrected chi connectivity index (χ3v) is 8.07. The summed E-state index contributed by atoms with van der Waals surface area (Å²) in [7, 11) is -2.65. The van der Waals surface area contributed by atoms with Crippen molar-refractivity contribution in [1.29, 1.82) is 0 Å². The van der Waals surface area contributed by atoms with Gasteiger partial charge in [-0.15, -0.1) is 0 Å². The average molecular weight is 690 g/mol. The Balaban J connectivity index is 0.00000552. The SMILES string of the molecule is CN(CCS(=O)(=O)O)C(=O)CCCCCCC(=O)OCCCc1cc(F)c2[nH]cc(C(=O)NCc3ccc(Cl)cc3)c(=O)c2c1.[H-].[Na+]. The van der Waals surface area contributed by atoms with Crippen LogP contribution in [0.2, 0.25) is 5.02 Å². The van der Waals surface area contributed by atoms with Gasteiger partial charge in [0, 0.05) is 49.6 Å². The van der Waals surface area contributed by atoms with E-state index in [-0.39, 0.29) is 91.9 Å². The second-order valence-electron chi connectivity index (χ2n) is 10.7. The Morgan fingerprint density at radius 2 is 1.72 bits per heavy atom. The molecule has 3 rings (SSSR count). The van der Waals surface area contributed by atoms with Crippen molar-refractivity contribution in [2.45, 2.75) is 57.9 Å². The zero-order chi connectivity index (χ0) is 33.0. The summed E-state index contributed by atoms with van der Waals surface area (Å²) >= 11 is 5.88. The summed E-state index contributed by atoms with van der Waals surface area (Å²) in [4.78, 5) is 53.8. The van der Waals surface area contributed by atoms with E-state index in [0.29, 0.717) is 49.1 Å². The zero-order valence-corrected chi connectivity index (χ0v) is 29.5. The fourth-order valence-electron chi connectivity index (χ4n) is 4.54. The van der Waals surface area contributed by atoms with E-state index in [1.165, 1.54) is 30.3 Å². The number of hydrogen-bond donors (Lipinski definition) is 3. The fourth-order valence-corrected chi connectivity index (χ4v) is 5.17. The number of fused-ring (bicyclic) bond motifs is 1. The van der Waals surface area contributed by atoms with Crippen molar-refractivity contribution in [3.8, 4) is 0 Å². The van der Waals surface area contributed by atoms with Crippen molar-refractivity contribution in [1.82, 2.24) is 15.2 Å². The Morgan fingerprint density at radius 1 is 1.04 bits per heavy atom. The molecule has 1 aromatic heterocycles. The Kier molecular flexibility index (Phi) is 16.4. The number of halogens is 2. The summed E-state index contributed by atoms with van der Waals surface area (Å²) < 4.78 is 50.4. The molecule has 0 aliphatic rings. The van der Waals surface area contributed by atoms with E-state index in [1.54, 1.807) is 24.3 Å². The zero-order valence-electron chi connectivity index (χ0n) is 26.9. The van der Waals surface area contributed by atoms with Crippen LogP contribution in [0.5, 0.6) is 0 Å². The Labute approximate surface area is 295 Å². The third kappa shape index (κ3) is 13.1. The Morgan fingerprint density at radius 3 is 2.39 bits per heavy atom. The molecule has 0 aliphatic carbocycles. The molecule has 15 heteroatoms. The topological polar surface area (TPSA) is 163 Å². The number of esters is 1. The first-order chi connectivity index (χ1) is 21.3. The molecule has 11 nitrogen and oxygen atoms in total. The molecular formula is C31H38ClFN3NaO8S. The number of aryl methyl sites for hydroxylation is 1. The molecule has 46 heavy (non-hydrogen) atoms. The van der Waals surface area contributed by atoms with Crippen molar-refractivity contribution >= 4 is 50.4 Å². The normalized spacial score (nSPS) is 11.1. The van der Waals surface area contributed by atoms with E-state index in [2.05, 4.69) is 10.3 Å². The van der Waals surface area contributed by atoms with Crippen molar-refractivity contribution in [2.75, 3.05) is 26.0 Å². The molecule has 0 unspecified atom stereocenters. The molecule has 0 saturated carbocycles. The van der Waals surface area contributed by atoms with E-state index >= 15 is 0 Å². The van der Waals surface area contributed by atoms with Crippen LogP contribution in [0.15, 0.2) is 47.4 Å². The summed E-state index contributed by atoms with van der Waals surface area (Å²) in [6, 6.07) is 9.72. The van der Waals surface area contributed by atoms with Gasteiger partial charge in [0.05, 0.1) is 17.9 Å². The monoisotopic (exact) mass is 689 g/mol. The van der Waals surface area contributed by atoms with Gasteiger partial charge in [0.25, 0.3) is 16.0 Å². The number of carbonyl (C=O) groups excluding carboxylic acids is 3. The van der Waals surface area contributed by atoms with Gasteiger partial charge in [0.2, 0.25) is 11.3 Å². The molecule has 0 bridgehead atoms. The van der Waals surface area contributed by atoms with Gasteiger partial charge in [-0.3, -0.25) is 23.7 Å². The number of nitrogens with one attached hydrogen (secondary N) is 2. The molecule has 0 radical (unpaired) electrons. The van der Waals surface area contributed by atoms with Crippen LogP contribution < -0.4 is 40.3 Å². The summed E-state index contributed by atoms with van der Waals surface area (Å²) in [6.45, 7) is 0.222. The number of carbonyl (C=O) groups is 3. The molecule has 0 spiro atoms. The number of aromatic nitrogens is 1. The van der Waals surface area contributed by atoms with E-state index < -0.39 is 33.0 Å². The molecule has 0 fully saturated rings. The van der Waals surface area contributed by atoms with Crippen LogP contribution in [0, 0.1) is 5.82 Å². The van der Waals surface area contributed by atoms with Gasteiger partial charge in [0.1, 0.15) is 11.4 Å². The first-order valence-corrected chi connectivity index (χ1v) is 16.5. The van der Waals surface area contributed by atoms with E-state index in [9.17, 15) is 32.0 Å². The maximum absolute atomic E-state index is 14.8. The van der Waals surface area contributed by atoms with Crippen molar-refractivity contribution in [3.05, 3.63) is 80.3 Å². The molecule has 0 saturated heterocycles. The standard InChI is InChI=1S/C31H37ClFN3O8S.Na.H/c1-36(14-16-45(41,42)43)27(37)8-4-2-3-5-9-28(38)44-15-6-7-22-17-24-29(26(33)18-22)34-20-25(30(24)39)31(40)35-19-21-10-12-23(32)13-11-21;;/h10-13,17-18,20H,2-9,14-16,19H2,1H3,(H,34,39)(H,35,40)(H,41,42,43);;/q;+1;-1. The first kappa shape index (κ1) is 39.4. The predicted octanol–water partition coefficient (Wildman–Crippen LogP) is 1.53. The number of unbranched alkanes of at least 4 members (excludes halogenated alkanes) is 3. The maximum Gasteiger partial charge on any atom is 1.00 e. The summed E-state index contributed by atoms with van der Waals surface area (Å²) in [5, 5.41) is 3.29. The average Bonchev–Trinajstić information content (AvgIpc) is 2.99. The number of benzene rings is 2. The Hall–Kier alpha value is -2.81. The molecule has 2 aromatic carbocycles. The fraction of sp³-hybridized carbons (Fsp3) is 0.419. The first-order valence-electron chi connectivity index (χ1n) is 14.6. The van der Waals surface area contributed by atoms with E-state index in [0.717, 1.165) is 5.56 Å². The molecular weight excluding hydrogens is 652 g/mol. The van der Waals surface area contributed by atoms with Gasteiger partial charge in [-0.2, -0.15) is 8.42 Å². The summed E-state index contributed by atoms with van der Waals surface area (Å²) in [5.41, 5.74) is 0.581. The number of nitrogens with zero attached hydrogens (tertiary/aromatic N) is 1. The number of hydrogen-bond acceptors (Lipinski definition) is 7. The van der Waals surface area contributed by atoms with E-state index in [4.69, 9.17) is 20.9 Å². The smallest absolute Gasteiger partial charge is 1.00 e. The van der Waals surface area contributed by atoms with Crippen LogP contribution in [0.1, 0.15) is 67.9 Å². The van der Waals surface area contributed by atoms with Crippen LogP contribution >= 0.6 is 11.6 Å². The predicted molar refractivity (Wildman–Crippen MR) is 169 cm³/mol. The van der Waals surface area contributed by atoms with Crippen molar-refractivity contribution in [3.63, 3.8) is 0 Å². The van der Waals surface area contributed by atoms with Gasteiger partial charge in [-0.1, -0.05) is 36.6 Å². The molecule has 3 aromatic rings. The van der Waals surface area contributed by atoms with Crippen molar-refractivity contribution < 1.29 is 67.5 Å². The molecule has 246 valence electrons. The second-order valence-corrected chi connectivity index (χ2v) is 12.7.